The SMILES string of the molecule is CCOc1ccc(NS(=O)(=O)c2ccc(F)c(F)c2)cc1S(=O)(=O)N(C)C. The Kier molecular flexibility index (Phi) is 6.07. The molecule has 0 unspecified atom stereocenters. The number of hydrogen-bond acceptors (Lipinski definition) is 5. The maximum absolute atomic E-state index is 13.3. The van der Waals surface area contributed by atoms with Crippen LogP contribution in [0.25, 0.3) is 0 Å². The third-order valence-corrected chi connectivity index (χ3v) is 6.67. The summed E-state index contributed by atoms with van der Waals surface area (Å²) in [5.41, 5.74) is -0.0800. The Labute approximate surface area is 156 Å². The smallest absolute Gasteiger partial charge is 0.261 e. The van der Waals surface area contributed by atoms with Gasteiger partial charge in [-0.3, -0.25) is 4.72 Å². The number of ether oxygens (including phenoxy) is 1. The lowest BCUT2D eigenvalue weighted by Crippen LogP contribution is -2.23. The van der Waals surface area contributed by atoms with Crippen molar-refractivity contribution >= 4 is 25.7 Å². The van der Waals surface area contributed by atoms with Crippen molar-refractivity contribution < 1.29 is 30.4 Å². The number of benzene rings is 2. The summed E-state index contributed by atoms with van der Waals surface area (Å²) in [5, 5.41) is 0. The summed E-state index contributed by atoms with van der Waals surface area (Å²) in [6.45, 7) is 1.88. The van der Waals surface area contributed by atoms with Gasteiger partial charge in [0.15, 0.2) is 11.6 Å². The van der Waals surface area contributed by atoms with E-state index in [2.05, 4.69) is 4.72 Å². The minimum Gasteiger partial charge on any atom is -0.492 e. The van der Waals surface area contributed by atoms with E-state index in [0.717, 1.165) is 16.4 Å². The highest BCUT2D eigenvalue weighted by Gasteiger charge is 2.24. The molecular formula is C16H18F2N2O5S2. The van der Waals surface area contributed by atoms with Gasteiger partial charge in [-0.05, 0) is 43.3 Å². The molecule has 2 aromatic carbocycles. The molecule has 0 saturated heterocycles. The molecule has 0 aromatic heterocycles. The zero-order valence-electron chi connectivity index (χ0n) is 14.7. The van der Waals surface area contributed by atoms with Gasteiger partial charge < -0.3 is 4.74 Å². The van der Waals surface area contributed by atoms with Gasteiger partial charge in [0.1, 0.15) is 10.6 Å². The van der Waals surface area contributed by atoms with Crippen LogP contribution in [0.15, 0.2) is 46.2 Å². The minimum atomic E-state index is -4.27. The fraction of sp³-hybridized carbons (Fsp3) is 0.250. The minimum absolute atomic E-state index is 0.0574. The number of nitrogens with zero attached hydrogens (tertiary/aromatic N) is 1. The highest BCUT2D eigenvalue weighted by atomic mass is 32.2. The van der Waals surface area contributed by atoms with Crippen molar-refractivity contribution in [3.8, 4) is 5.75 Å². The lowest BCUT2D eigenvalue weighted by Gasteiger charge is -2.17. The van der Waals surface area contributed by atoms with Gasteiger partial charge in [-0.1, -0.05) is 0 Å². The van der Waals surface area contributed by atoms with Crippen molar-refractivity contribution in [1.82, 2.24) is 4.31 Å². The zero-order chi connectivity index (χ0) is 20.4. The quantitative estimate of drug-likeness (QED) is 0.743. The summed E-state index contributed by atoms with van der Waals surface area (Å²) in [6.07, 6.45) is 0. The Hall–Kier alpha value is -2.24. The van der Waals surface area contributed by atoms with E-state index < -0.39 is 36.6 Å². The van der Waals surface area contributed by atoms with Crippen LogP contribution in [0.1, 0.15) is 6.92 Å². The number of hydrogen-bond donors (Lipinski definition) is 1. The Morgan fingerprint density at radius 1 is 1.00 bits per heavy atom. The third kappa shape index (κ3) is 4.54. The van der Waals surface area contributed by atoms with Crippen molar-refractivity contribution in [2.24, 2.45) is 0 Å². The van der Waals surface area contributed by atoms with Gasteiger partial charge in [0.2, 0.25) is 10.0 Å². The Morgan fingerprint density at radius 2 is 1.67 bits per heavy atom. The molecule has 0 aliphatic heterocycles. The predicted octanol–water partition coefficient (Wildman–Crippen LogP) is 2.41. The highest BCUT2D eigenvalue weighted by molar-refractivity contribution is 7.92. The summed E-state index contributed by atoms with van der Waals surface area (Å²) in [7, 11) is -5.54. The third-order valence-electron chi connectivity index (χ3n) is 3.46. The zero-order valence-corrected chi connectivity index (χ0v) is 16.4. The van der Waals surface area contributed by atoms with Gasteiger partial charge in [-0.25, -0.2) is 29.9 Å². The first-order valence-electron chi connectivity index (χ1n) is 7.66. The van der Waals surface area contributed by atoms with Gasteiger partial charge in [-0.2, -0.15) is 0 Å². The molecule has 0 radical (unpaired) electrons. The second kappa shape index (κ2) is 7.79. The molecule has 0 saturated carbocycles. The van der Waals surface area contributed by atoms with E-state index in [0.29, 0.717) is 12.1 Å². The average molecular weight is 420 g/mol. The van der Waals surface area contributed by atoms with Crippen LogP contribution in [0, 0.1) is 11.6 Å². The fourth-order valence-electron chi connectivity index (χ4n) is 2.10. The van der Waals surface area contributed by atoms with Crippen molar-refractivity contribution in [3.63, 3.8) is 0 Å². The van der Waals surface area contributed by atoms with Gasteiger partial charge >= 0.3 is 0 Å². The van der Waals surface area contributed by atoms with Crippen LogP contribution in [0.4, 0.5) is 14.5 Å². The first-order chi connectivity index (χ1) is 12.5. The molecule has 148 valence electrons. The Bertz CT molecular complexity index is 1050. The molecule has 1 N–H and O–H groups in total. The molecule has 0 spiro atoms. The molecule has 0 amide bonds. The fourth-order valence-corrected chi connectivity index (χ4v) is 4.21. The molecule has 0 aliphatic carbocycles. The molecule has 2 rings (SSSR count). The summed E-state index contributed by atoms with van der Waals surface area (Å²) >= 11 is 0. The van der Waals surface area contributed by atoms with Gasteiger partial charge in [0.25, 0.3) is 10.0 Å². The van der Waals surface area contributed by atoms with Crippen LogP contribution in [0.3, 0.4) is 0 Å². The molecule has 0 fully saturated rings. The molecular weight excluding hydrogens is 402 g/mol. The van der Waals surface area contributed by atoms with Crippen LogP contribution in [-0.4, -0.2) is 41.8 Å². The molecule has 2 aromatic rings. The molecule has 0 bridgehead atoms. The molecule has 7 nitrogen and oxygen atoms in total. The number of rotatable bonds is 7. The number of nitrogens with one attached hydrogen (secondary N) is 1. The van der Waals surface area contributed by atoms with E-state index in [1.807, 2.05) is 0 Å². The number of halogens is 2. The van der Waals surface area contributed by atoms with E-state index >= 15 is 0 Å². The standard InChI is InChI=1S/C16H18F2N2O5S2/c1-4-25-15-8-5-11(9-16(15)27(23,24)20(2)3)19-26(21,22)12-6-7-13(17)14(18)10-12/h5-10,19H,4H2,1-3H3. The summed E-state index contributed by atoms with van der Waals surface area (Å²) in [6, 6.07) is 5.82. The maximum atomic E-state index is 13.3. The molecule has 27 heavy (non-hydrogen) atoms. The summed E-state index contributed by atoms with van der Waals surface area (Å²) in [4.78, 5) is -0.743. The highest BCUT2D eigenvalue weighted by Crippen LogP contribution is 2.30. The van der Waals surface area contributed by atoms with Crippen LogP contribution in [0.5, 0.6) is 5.75 Å². The van der Waals surface area contributed by atoms with E-state index in [1.54, 1.807) is 6.92 Å². The monoisotopic (exact) mass is 420 g/mol. The van der Waals surface area contributed by atoms with Gasteiger partial charge in [-0.15, -0.1) is 0 Å². The van der Waals surface area contributed by atoms with Gasteiger partial charge in [0.05, 0.1) is 17.2 Å². The molecule has 0 atom stereocenters. The Morgan fingerprint density at radius 3 is 2.22 bits per heavy atom. The van der Waals surface area contributed by atoms with Crippen LogP contribution in [0.2, 0.25) is 0 Å². The van der Waals surface area contributed by atoms with Crippen LogP contribution >= 0.6 is 0 Å². The predicted molar refractivity (Wildman–Crippen MR) is 95.7 cm³/mol. The summed E-state index contributed by atoms with van der Waals surface area (Å²) < 4.78 is 84.5. The number of sulfonamides is 2. The number of anilines is 1. The van der Waals surface area contributed by atoms with Crippen LogP contribution in [-0.2, 0) is 20.0 Å². The lowest BCUT2D eigenvalue weighted by molar-refractivity contribution is 0.330. The summed E-state index contributed by atoms with van der Waals surface area (Å²) in [5.74, 6) is -2.45. The van der Waals surface area contributed by atoms with E-state index in [4.69, 9.17) is 4.74 Å². The molecule has 0 aliphatic rings. The average Bonchev–Trinajstić information content (AvgIpc) is 2.58. The normalized spacial score (nSPS) is 12.2. The van der Waals surface area contributed by atoms with Crippen molar-refractivity contribution in [3.05, 3.63) is 48.0 Å². The van der Waals surface area contributed by atoms with Crippen molar-refractivity contribution in [1.29, 1.82) is 0 Å². The van der Waals surface area contributed by atoms with E-state index in [9.17, 15) is 25.6 Å². The van der Waals surface area contributed by atoms with E-state index in [-0.39, 0.29) is 22.9 Å². The van der Waals surface area contributed by atoms with E-state index in [1.165, 1.54) is 26.2 Å². The topological polar surface area (TPSA) is 92.8 Å². The second-order valence-electron chi connectivity index (χ2n) is 5.56. The van der Waals surface area contributed by atoms with Crippen molar-refractivity contribution in [2.75, 3.05) is 25.4 Å². The first-order valence-corrected chi connectivity index (χ1v) is 10.6. The van der Waals surface area contributed by atoms with Gasteiger partial charge in [0, 0.05) is 14.1 Å². The second-order valence-corrected chi connectivity index (χ2v) is 9.37. The van der Waals surface area contributed by atoms with Crippen molar-refractivity contribution in [2.45, 2.75) is 16.7 Å². The molecule has 11 heteroatoms. The molecule has 0 heterocycles. The maximum Gasteiger partial charge on any atom is 0.261 e. The first kappa shape index (κ1) is 21.1. The lowest BCUT2D eigenvalue weighted by atomic mass is 10.3. The van der Waals surface area contributed by atoms with Crippen LogP contribution < -0.4 is 9.46 Å². The largest absolute Gasteiger partial charge is 0.492 e. The Balaban J connectivity index is 2.49.